The lowest BCUT2D eigenvalue weighted by atomic mass is 10.1. The van der Waals surface area contributed by atoms with Crippen molar-refractivity contribution in [1.29, 1.82) is 0 Å². The summed E-state index contributed by atoms with van der Waals surface area (Å²) in [4.78, 5) is 12.1. The molecule has 0 aliphatic carbocycles. The number of carbonyl (C=O) groups excluding carboxylic acids is 1. The summed E-state index contributed by atoms with van der Waals surface area (Å²) in [6.45, 7) is 1.93. The molecule has 0 unspecified atom stereocenters. The second kappa shape index (κ2) is 8.01. The zero-order valence-corrected chi connectivity index (χ0v) is 13.9. The molecular weight excluding hydrogens is 308 g/mol. The number of methoxy groups -OCH3 is 2. The van der Waals surface area contributed by atoms with Crippen molar-refractivity contribution in [3.63, 3.8) is 0 Å². The summed E-state index contributed by atoms with van der Waals surface area (Å²) in [7, 11) is 3.13. The molecule has 2 aromatic rings. The van der Waals surface area contributed by atoms with Crippen molar-refractivity contribution in [3.8, 4) is 17.2 Å². The molecule has 1 amide bonds. The van der Waals surface area contributed by atoms with Crippen LogP contribution in [0.3, 0.4) is 0 Å². The zero-order chi connectivity index (χ0) is 17.5. The van der Waals surface area contributed by atoms with E-state index in [1.54, 1.807) is 38.5 Å². The Bertz CT molecular complexity index is 756. The van der Waals surface area contributed by atoms with Gasteiger partial charge in [-0.3, -0.25) is 4.79 Å². The second-order valence-electron chi connectivity index (χ2n) is 4.94. The van der Waals surface area contributed by atoms with Crippen LogP contribution in [0.4, 0.5) is 0 Å². The first kappa shape index (κ1) is 17.3. The monoisotopic (exact) mass is 328 g/mol. The highest BCUT2D eigenvalue weighted by atomic mass is 16.5. The SMILES string of the molecule is CC/C(=N\NC(=O)c1ccccc1O)c1ccc(OC)c(OC)c1. The Kier molecular flexibility index (Phi) is 5.78. The molecule has 2 aromatic carbocycles. The summed E-state index contributed by atoms with van der Waals surface area (Å²) >= 11 is 0. The lowest BCUT2D eigenvalue weighted by Gasteiger charge is -2.11. The number of hydrogen-bond acceptors (Lipinski definition) is 5. The van der Waals surface area contributed by atoms with Gasteiger partial charge in [0.1, 0.15) is 5.75 Å². The van der Waals surface area contributed by atoms with Gasteiger partial charge in [0.25, 0.3) is 5.91 Å². The fraction of sp³-hybridized carbons (Fsp3) is 0.222. The minimum absolute atomic E-state index is 0.0886. The summed E-state index contributed by atoms with van der Waals surface area (Å²) in [5, 5.41) is 13.9. The number of phenols is 1. The van der Waals surface area contributed by atoms with E-state index in [0.717, 1.165) is 5.56 Å². The van der Waals surface area contributed by atoms with Crippen molar-refractivity contribution in [1.82, 2.24) is 5.43 Å². The van der Waals surface area contributed by atoms with Gasteiger partial charge >= 0.3 is 0 Å². The van der Waals surface area contributed by atoms with Gasteiger partial charge < -0.3 is 14.6 Å². The Morgan fingerprint density at radius 2 is 1.83 bits per heavy atom. The maximum atomic E-state index is 12.1. The molecule has 2 N–H and O–H groups in total. The predicted molar refractivity (Wildman–Crippen MR) is 91.9 cm³/mol. The van der Waals surface area contributed by atoms with Crippen molar-refractivity contribution < 1.29 is 19.4 Å². The average Bonchev–Trinajstić information content (AvgIpc) is 2.62. The summed E-state index contributed by atoms with van der Waals surface area (Å²) in [5.74, 6) is 0.645. The number of nitrogens with one attached hydrogen (secondary N) is 1. The smallest absolute Gasteiger partial charge is 0.275 e. The number of rotatable bonds is 6. The van der Waals surface area contributed by atoms with Crippen molar-refractivity contribution in [3.05, 3.63) is 53.6 Å². The number of hydrogen-bond donors (Lipinski definition) is 2. The molecule has 0 radical (unpaired) electrons. The molecule has 0 spiro atoms. The largest absolute Gasteiger partial charge is 0.507 e. The Balaban J connectivity index is 2.23. The highest BCUT2D eigenvalue weighted by Crippen LogP contribution is 2.28. The molecule has 0 fully saturated rings. The number of benzene rings is 2. The highest BCUT2D eigenvalue weighted by Gasteiger charge is 2.11. The van der Waals surface area contributed by atoms with Crippen LogP contribution in [-0.2, 0) is 0 Å². The normalized spacial score (nSPS) is 11.0. The summed E-state index contributed by atoms with van der Waals surface area (Å²) < 4.78 is 10.5. The zero-order valence-electron chi connectivity index (χ0n) is 13.9. The maximum Gasteiger partial charge on any atom is 0.275 e. The first-order valence-corrected chi connectivity index (χ1v) is 7.48. The van der Waals surface area contributed by atoms with E-state index in [4.69, 9.17) is 9.47 Å². The number of hydrazone groups is 1. The molecule has 0 heterocycles. The Labute approximate surface area is 140 Å². The van der Waals surface area contributed by atoms with Gasteiger partial charge in [-0.1, -0.05) is 19.1 Å². The number of aromatic hydroxyl groups is 1. The van der Waals surface area contributed by atoms with Crippen LogP contribution in [0.2, 0.25) is 0 Å². The van der Waals surface area contributed by atoms with Gasteiger partial charge in [0, 0.05) is 5.56 Å². The van der Waals surface area contributed by atoms with Crippen LogP contribution in [-0.4, -0.2) is 30.9 Å². The third-order valence-electron chi connectivity index (χ3n) is 3.49. The third-order valence-corrected chi connectivity index (χ3v) is 3.49. The van der Waals surface area contributed by atoms with Gasteiger partial charge in [0.15, 0.2) is 11.5 Å². The van der Waals surface area contributed by atoms with E-state index in [0.29, 0.717) is 23.6 Å². The molecule has 0 bridgehead atoms. The highest BCUT2D eigenvalue weighted by molar-refractivity contribution is 6.03. The quantitative estimate of drug-likeness (QED) is 0.631. The number of phenolic OH excluding ortho intramolecular Hbond substituents is 1. The topological polar surface area (TPSA) is 80.2 Å². The number of ether oxygens (including phenoxy) is 2. The van der Waals surface area contributed by atoms with E-state index in [1.807, 2.05) is 13.0 Å². The van der Waals surface area contributed by atoms with E-state index in [9.17, 15) is 9.90 Å². The molecule has 2 rings (SSSR count). The molecule has 6 nitrogen and oxygen atoms in total. The Morgan fingerprint density at radius 3 is 2.46 bits per heavy atom. The first-order chi connectivity index (χ1) is 11.6. The second-order valence-corrected chi connectivity index (χ2v) is 4.94. The molecule has 126 valence electrons. The lowest BCUT2D eigenvalue weighted by Crippen LogP contribution is -2.20. The van der Waals surface area contributed by atoms with Crippen LogP contribution < -0.4 is 14.9 Å². The minimum Gasteiger partial charge on any atom is -0.507 e. The molecule has 0 saturated carbocycles. The van der Waals surface area contributed by atoms with Gasteiger partial charge in [0.2, 0.25) is 0 Å². The summed E-state index contributed by atoms with van der Waals surface area (Å²) in [5.41, 5.74) is 4.14. The van der Waals surface area contributed by atoms with Gasteiger partial charge in [-0.25, -0.2) is 5.43 Å². The number of nitrogens with zero attached hydrogens (tertiary/aromatic N) is 1. The molecule has 0 saturated heterocycles. The van der Waals surface area contributed by atoms with Crippen molar-refractivity contribution in [2.45, 2.75) is 13.3 Å². The molecule has 0 aliphatic heterocycles. The lowest BCUT2D eigenvalue weighted by molar-refractivity contribution is 0.0952. The molecule has 24 heavy (non-hydrogen) atoms. The van der Waals surface area contributed by atoms with Crippen molar-refractivity contribution >= 4 is 11.6 Å². The van der Waals surface area contributed by atoms with E-state index in [-0.39, 0.29) is 11.3 Å². The maximum absolute atomic E-state index is 12.1. The number of amides is 1. The van der Waals surface area contributed by atoms with Crippen LogP contribution in [0.5, 0.6) is 17.2 Å². The summed E-state index contributed by atoms with van der Waals surface area (Å²) in [6, 6.07) is 11.7. The number of para-hydroxylation sites is 1. The Hall–Kier alpha value is -3.02. The third kappa shape index (κ3) is 3.84. The van der Waals surface area contributed by atoms with Crippen LogP contribution in [0.15, 0.2) is 47.6 Å². The average molecular weight is 328 g/mol. The van der Waals surface area contributed by atoms with Crippen LogP contribution in [0.25, 0.3) is 0 Å². The first-order valence-electron chi connectivity index (χ1n) is 7.48. The van der Waals surface area contributed by atoms with E-state index in [1.165, 1.54) is 12.1 Å². The van der Waals surface area contributed by atoms with Crippen LogP contribution >= 0.6 is 0 Å². The number of carbonyl (C=O) groups is 1. The molecule has 0 atom stereocenters. The fourth-order valence-corrected chi connectivity index (χ4v) is 2.21. The van der Waals surface area contributed by atoms with Crippen LogP contribution in [0, 0.1) is 0 Å². The fourth-order valence-electron chi connectivity index (χ4n) is 2.21. The molecule has 0 aromatic heterocycles. The van der Waals surface area contributed by atoms with E-state index < -0.39 is 5.91 Å². The van der Waals surface area contributed by atoms with Gasteiger partial charge in [-0.05, 0) is 36.8 Å². The molecular formula is C18H20N2O4. The molecule has 6 heteroatoms. The van der Waals surface area contributed by atoms with Crippen LogP contribution in [0.1, 0.15) is 29.3 Å². The van der Waals surface area contributed by atoms with Crippen molar-refractivity contribution in [2.24, 2.45) is 5.10 Å². The van der Waals surface area contributed by atoms with Gasteiger partial charge in [-0.15, -0.1) is 0 Å². The van der Waals surface area contributed by atoms with Gasteiger partial charge in [0.05, 0.1) is 25.5 Å². The predicted octanol–water partition coefficient (Wildman–Crippen LogP) is 2.95. The summed E-state index contributed by atoms with van der Waals surface area (Å²) in [6.07, 6.45) is 0.608. The van der Waals surface area contributed by atoms with E-state index in [2.05, 4.69) is 10.5 Å². The van der Waals surface area contributed by atoms with Gasteiger partial charge in [-0.2, -0.15) is 5.10 Å². The minimum atomic E-state index is -0.473. The standard InChI is InChI=1S/C18H20N2O4/c1-4-14(12-9-10-16(23-2)17(11-12)24-3)19-20-18(22)13-7-5-6-8-15(13)21/h5-11,21H,4H2,1-3H3,(H,20,22)/b19-14+. The molecule has 0 aliphatic rings. The van der Waals surface area contributed by atoms with E-state index >= 15 is 0 Å². The van der Waals surface area contributed by atoms with Crippen molar-refractivity contribution in [2.75, 3.05) is 14.2 Å². The Morgan fingerprint density at radius 1 is 1.12 bits per heavy atom.